The highest BCUT2D eigenvalue weighted by atomic mass is 16.6. The number of hydrogen-bond acceptors (Lipinski definition) is 3. The van der Waals surface area contributed by atoms with Gasteiger partial charge in [0.05, 0.1) is 6.10 Å². The van der Waals surface area contributed by atoms with Gasteiger partial charge in [0.25, 0.3) is 0 Å². The number of ether oxygens (including phenoxy) is 3. The maximum atomic E-state index is 5.68. The van der Waals surface area contributed by atoms with E-state index in [2.05, 4.69) is 12.2 Å². The minimum absolute atomic E-state index is 0.0186. The maximum absolute atomic E-state index is 5.68. The molecule has 14 heavy (non-hydrogen) atoms. The van der Waals surface area contributed by atoms with Crippen LogP contribution < -0.4 is 0 Å². The highest BCUT2D eigenvalue weighted by molar-refractivity contribution is 4.98. The molecule has 2 heterocycles. The Bertz CT molecular complexity index is 284. The van der Waals surface area contributed by atoms with Crippen LogP contribution in [0.15, 0.2) is 0 Å². The monoisotopic (exact) mass is 192 g/mol. The zero-order valence-electron chi connectivity index (χ0n) is 7.81. The van der Waals surface area contributed by atoms with Crippen LogP contribution in [0.3, 0.4) is 0 Å². The van der Waals surface area contributed by atoms with E-state index in [9.17, 15) is 0 Å². The van der Waals surface area contributed by atoms with Crippen molar-refractivity contribution in [3.8, 4) is 25.1 Å². The average Bonchev–Trinajstić information content (AvgIpc) is 2.74. The van der Waals surface area contributed by atoms with E-state index in [0.717, 1.165) is 12.8 Å². The first-order valence-electron chi connectivity index (χ1n) is 4.69. The van der Waals surface area contributed by atoms with E-state index in [1.165, 1.54) is 0 Å². The van der Waals surface area contributed by atoms with Gasteiger partial charge in [-0.25, -0.2) is 0 Å². The molecule has 0 N–H and O–H groups in total. The van der Waals surface area contributed by atoms with Gasteiger partial charge in [-0.05, 0) is 6.42 Å². The molecule has 2 aliphatic heterocycles. The molecule has 3 heteroatoms. The third kappa shape index (κ3) is 1.52. The second kappa shape index (κ2) is 3.82. The molecule has 0 aromatic heterocycles. The molecule has 0 aliphatic carbocycles. The van der Waals surface area contributed by atoms with E-state index in [-0.39, 0.29) is 18.3 Å². The van der Waals surface area contributed by atoms with Gasteiger partial charge in [0.15, 0.2) is 0 Å². The average molecular weight is 192 g/mol. The van der Waals surface area contributed by atoms with Gasteiger partial charge in [0.1, 0.15) is 31.0 Å². The minimum atomic E-state index is 0.0186. The lowest BCUT2D eigenvalue weighted by Gasteiger charge is -2.23. The topological polar surface area (TPSA) is 27.7 Å². The van der Waals surface area contributed by atoms with Crippen molar-refractivity contribution in [2.75, 3.05) is 6.61 Å². The first-order valence-corrected chi connectivity index (χ1v) is 4.69. The molecule has 0 aromatic carbocycles. The van der Waals surface area contributed by atoms with E-state index in [0.29, 0.717) is 12.5 Å². The summed E-state index contributed by atoms with van der Waals surface area (Å²) in [6, 6.07) is 0. The zero-order chi connectivity index (χ0) is 9.97. The standard InChI is InChI=1S/C11H12O3/c1-3-12-7-8-5-9-6-10(13-4-2)11(8)14-9/h1-2,8-11H,5-7H2. The molecule has 0 spiro atoms. The van der Waals surface area contributed by atoms with E-state index in [1.54, 1.807) is 0 Å². The van der Waals surface area contributed by atoms with Crippen molar-refractivity contribution in [3.63, 3.8) is 0 Å². The Labute approximate surface area is 83.7 Å². The van der Waals surface area contributed by atoms with Crippen LogP contribution in [0.1, 0.15) is 12.8 Å². The number of terminal acetylenes is 2. The van der Waals surface area contributed by atoms with Gasteiger partial charge in [0, 0.05) is 12.3 Å². The van der Waals surface area contributed by atoms with Crippen molar-refractivity contribution in [1.82, 2.24) is 0 Å². The Hall–Kier alpha value is -1.32. The van der Waals surface area contributed by atoms with E-state index in [4.69, 9.17) is 27.1 Å². The van der Waals surface area contributed by atoms with Crippen LogP contribution in [0.25, 0.3) is 0 Å². The second-order valence-corrected chi connectivity index (χ2v) is 3.66. The van der Waals surface area contributed by atoms with Crippen molar-refractivity contribution in [2.24, 2.45) is 5.92 Å². The van der Waals surface area contributed by atoms with Crippen molar-refractivity contribution in [3.05, 3.63) is 0 Å². The van der Waals surface area contributed by atoms with Gasteiger partial charge in [0.2, 0.25) is 0 Å². The predicted octanol–water partition coefficient (Wildman–Crippen LogP) is 0.747. The van der Waals surface area contributed by atoms with Crippen LogP contribution in [0.5, 0.6) is 0 Å². The van der Waals surface area contributed by atoms with Crippen LogP contribution in [0.2, 0.25) is 0 Å². The molecule has 2 bridgehead atoms. The van der Waals surface area contributed by atoms with Crippen LogP contribution in [0, 0.1) is 31.0 Å². The molecule has 4 unspecified atom stereocenters. The first kappa shape index (κ1) is 9.24. The van der Waals surface area contributed by atoms with Crippen molar-refractivity contribution in [2.45, 2.75) is 31.2 Å². The lowest BCUT2D eigenvalue weighted by molar-refractivity contribution is 0.0179. The minimum Gasteiger partial charge on any atom is -0.446 e. The lowest BCUT2D eigenvalue weighted by atomic mass is 9.88. The van der Waals surface area contributed by atoms with Gasteiger partial charge in [-0.15, -0.1) is 0 Å². The summed E-state index contributed by atoms with van der Waals surface area (Å²) in [6.45, 7) is 0.530. The summed E-state index contributed by atoms with van der Waals surface area (Å²) < 4.78 is 15.8. The van der Waals surface area contributed by atoms with Crippen LogP contribution in [0.4, 0.5) is 0 Å². The Kier molecular flexibility index (Phi) is 2.52. The highest BCUT2D eigenvalue weighted by Gasteiger charge is 2.49. The van der Waals surface area contributed by atoms with Crippen molar-refractivity contribution in [1.29, 1.82) is 0 Å². The molecule has 0 saturated carbocycles. The van der Waals surface area contributed by atoms with Crippen molar-refractivity contribution < 1.29 is 14.2 Å². The maximum Gasteiger partial charge on any atom is 0.139 e. The molecular weight excluding hydrogens is 180 g/mol. The largest absolute Gasteiger partial charge is 0.446 e. The van der Waals surface area contributed by atoms with Crippen LogP contribution in [-0.4, -0.2) is 24.9 Å². The Morgan fingerprint density at radius 1 is 1.29 bits per heavy atom. The third-order valence-corrected chi connectivity index (χ3v) is 2.84. The van der Waals surface area contributed by atoms with Crippen LogP contribution >= 0.6 is 0 Å². The normalized spacial score (nSPS) is 38.7. The fraction of sp³-hybridized carbons (Fsp3) is 0.636. The molecule has 0 aromatic rings. The molecular formula is C11H12O3. The number of fused-ring (bicyclic) bond motifs is 2. The Morgan fingerprint density at radius 2 is 2.14 bits per heavy atom. The lowest BCUT2D eigenvalue weighted by Crippen LogP contribution is -2.34. The highest BCUT2D eigenvalue weighted by Crippen LogP contribution is 2.40. The summed E-state index contributed by atoms with van der Waals surface area (Å²) in [4.78, 5) is 0. The van der Waals surface area contributed by atoms with E-state index in [1.807, 2.05) is 0 Å². The fourth-order valence-corrected chi connectivity index (χ4v) is 2.32. The van der Waals surface area contributed by atoms with Crippen molar-refractivity contribution >= 4 is 0 Å². The summed E-state index contributed by atoms with van der Waals surface area (Å²) in [7, 11) is 0. The van der Waals surface area contributed by atoms with Gasteiger partial charge in [-0.1, -0.05) is 12.8 Å². The molecule has 3 nitrogen and oxygen atoms in total. The summed E-state index contributed by atoms with van der Waals surface area (Å²) in [5, 5.41) is 0. The SMILES string of the molecule is C#COCC1CC2CC(OC#C)C1O2. The van der Waals surface area contributed by atoms with E-state index >= 15 is 0 Å². The molecule has 2 aliphatic rings. The molecule has 2 saturated heterocycles. The quantitative estimate of drug-likeness (QED) is 0.617. The molecule has 0 amide bonds. The molecule has 2 fully saturated rings. The summed E-state index contributed by atoms with van der Waals surface area (Å²) in [5.41, 5.74) is 0. The molecule has 0 radical (unpaired) electrons. The van der Waals surface area contributed by atoms with Crippen LogP contribution in [-0.2, 0) is 14.2 Å². The Morgan fingerprint density at radius 3 is 2.79 bits per heavy atom. The second-order valence-electron chi connectivity index (χ2n) is 3.66. The third-order valence-electron chi connectivity index (χ3n) is 2.84. The number of rotatable bonds is 3. The first-order chi connectivity index (χ1) is 6.85. The van der Waals surface area contributed by atoms with Gasteiger partial charge in [-0.3, -0.25) is 0 Å². The smallest absolute Gasteiger partial charge is 0.139 e. The van der Waals surface area contributed by atoms with Gasteiger partial charge >= 0.3 is 0 Å². The zero-order valence-corrected chi connectivity index (χ0v) is 7.81. The van der Waals surface area contributed by atoms with Gasteiger partial charge in [-0.2, -0.15) is 0 Å². The summed E-state index contributed by atoms with van der Waals surface area (Å²) >= 11 is 0. The summed E-state index contributed by atoms with van der Waals surface area (Å²) in [5.74, 6) is 0.322. The molecule has 2 rings (SSSR count). The Balaban J connectivity index is 1.91. The predicted molar refractivity (Wildman–Crippen MR) is 49.9 cm³/mol. The molecule has 4 atom stereocenters. The molecule has 74 valence electrons. The van der Waals surface area contributed by atoms with E-state index < -0.39 is 0 Å². The fourth-order valence-electron chi connectivity index (χ4n) is 2.32. The van der Waals surface area contributed by atoms with Gasteiger partial charge < -0.3 is 14.2 Å². The summed E-state index contributed by atoms with van der Waals surface area (Å²) in [6.07, 6.45) is 16.7. The number of hydrogen-bond donors (Lipinski definition) is 0.